The SMILES string of the molecule is COc1ccc(C(=O)OCC#Cc2cn([C@H]3CC(OCN=[N+]=[N-])[C@@H](COP(=O)(O)OP(=O)(O)OP(=O)(O)O)O3)c(=O)nc2N)c(CN=[N+]=[N-])c1. The van der Waals surface area contributed by atoms with Gasteiger partial charge in [0, 0.05) is 22.4 Å². The number of anilines is 1. The normalized spacial score (nSPS) is 19.4. The number of carbonyl (C=O) groups is 1. The van der Waals surface area contributed by atoms with Crippen LogP contribution < -0.4 is 16.2 Å². The number of rotatable bonds is 16. The van der Waals surface area contributed by atoms with Crippen LogP contribution in [0, 0.1) is 11.8 Å². The molecule has 0 bridgehead atoms. The van der Waals surface area contributed by atoms with Gasteiger partial charge in [-0.25, -0.2) is 23.3 Å². The molecule has 3 rings (SSSR count). The Hall–Kier alpha value is -4.32. The van der Waals surface area contributed by atoms with Gasteiger partial charge in [0.25, 0.3) is 0 Å². The van der Waals surface area contributed by atoms with Crippen molar-refractivity contribution in [3.05, 3.63) is 72.5 Å². The number of phosphoric acid groups is 3. The van der Waals surface area contributed by atoms with Gasteiger partial charge >= 0.3 is 35.1 Å². The second-order valence-corrected chi connectivity index (χ2v) is 13.8. The summed E-state index contributed by atoms with van der Waals surface area (Å²) in [6.45, 7) is -2.14. The minimum atomic E-state index is -5.81. The quantitative estimate of drug-likeness (QED) is 0.0408. The van der Waals surface area contributed by atoms with Gasteiger partial charge in [-0.15, -0.1) is 0 Å². The number of hydrogen-bond acceptors (Lipinski definition) is 16. The van der Waals surface area contributed by atoms with E-state index in [0.717, 1.165) is 10.8 Å². The Labute approximate surface area is 279 Å². The molecule has 270 valence electrons. The van der Waals surface area contributed by atoms with Crippen LogP contribution in [0.1, 0.15) is 34.1 Å². The van der Waals surface area contributed by atoms with Crippen LogP contribution in [0.3, 0.4) is 0 Å². The summed E-state index contributed by atoms with van der Waals surface area (Å²) in [6, 6.07) is 4.41. The number of esters is 1. The summed E-state index contributed by atoms with van der Waals surface area (Å²) in [5, 5.41) is 6.64. The Morgan fingerprint density at radius 3 is 2.54 bits per heavy atom. The van der Waals surface area contributed by atoms with Crippen LogP contribution in [0.25, 0.3) is 20.9 Å². The van der Waals surface area contributed by atoms with Gasteiger partial charge in [-0.1, -0.05) is 22.1 Å². The maximum atomic E-state index is 12.7. The number of nitrogen functional groups attached to an aromatic ring is 1. The molecule has 3 unspecified atom stereocenters. The molecule has 0 aliphatic carbocycles. The van der Waals surface area contributed by atoms with Gasteiger partial charge in [-0.05, 0) is 34.8 Å². The zero-order valence-corrected chi connectivity index (χ0v) is 27.9. The van der Waals surface area contributed by atoms with Crippen molar-refractivity contribution in [3.8, 4) is 17.6 Å². The molecule has 5 atom stereocenters. The lowest BCUT2D eigenvalue weighted by molar-refractivity contribution is -0.0601. The van der Waals surface area contributed by atoms with E-state index in [4.69, 9.17) is 45.5 Å². The van der Waals surface area contributed by atoms with Gasteiger partial charge < -0.3 is 44.3 Å². The standard InChI is InChI=1S/C22H26N9O16P3/c1-41-15-4-5-16(14(7-15)9-26-29-24)21(32)42-6-2-3-13-10-31(22(33)28-20(13)23)19-8-17(43-12-27-30-25)18(45-19)11-44-49(37,38)47-50(39,40)46-48(34,35)36/h4-5,7,10,17-19H,6,8-9,11-12H2,1H3,(H,37,38)(H,39,40)(H2,23,28,33)(H2,34,35,36)/t17?,18-,19-/m1/s1. The molecule has 0 amide bonds. The maximum Gasteiger partial charge on any atom is 0.490 e. The number of nitrogens with zero attached hydrogens (tertiary/aromatic N) is 8. The number of benzene rings is 1. The second kappa shape index (κ2) is 17.6. The Balaban J connectivity index is 1.75. The summed E-state index contributed by atoms with van der Waals surface area (Å²) < 4.78 is 68.9. The average molecular weight is 765 g/mol. The fourth-order valence-electron chi connectivity index (χ4n) is 4.05. The molecule has 1 saturated heterocycles. The Morgan fingerprint density at radius 1 is 1.16 bits per heavy atom. The predicted molar refractivity (Wildman–Crippen MR) is 163 cm³/mol. The maximum absolute atomic E-state index is 12.7. The van der Waals surface area contributed by atoms with Crippen molar-refractivity contribution in [2.75, 3.05) is 32.8 Å². The van der Waals surface area contributed by atoms with Crippen LogP contribution in [-0.4, -0.2) is 74.4 Å². The van der Waals surface area contributed by atoms with E-state index < -0.39 is 73.5 Å². The number of hydrogen-bond donors (Lipinski definition) is 5. The number of methoxy groups -OCH3 is 1. The van der Waals surface area contributed by atoms with Gasteiger partial charge in [0.05, 0.1) is 37.5 Å². The number of ether oxygens (including phenoxy) is 4. The highest BCUT2D eigenvalue weighted by Gasteiger charge is 2.43. The highest BCUT2D eigenvalue weighted by molar-refractivity contribution is 7.66. The summed E-state index contributed by atoms with van der Waals surface area (Å²) in [5.41, 5.74) is 22.5. The van der Waals surface area contributed by atoms with E-state index in [1.54, 1.807) is 0 Å². The Morgan fingerprint density at radius 2 is 1.88 bits per heavy atom. The number of phosphoric ester groups is 1. The van der Waals surface area contributed by atoms with E-state index in [-0.39, 0.29) is 29.9 Å². The summed E-state index contributed by atoms with van der Waals surface area (Å²) in [5.74, 6) is 4.44. The zero-order valence-electron chi connectivity index (χ0n) is 25.3. The average Bonchev–Trinajstić information content (AvgIpc) is 3.42. The van der Waals surface area contributed by atoms with Crippen LogP contribution in [0.4, 0.5) is 5.82 Å². The summed E-state index contributed by atoms with van der Waals surface area (Å²) in [4.78, 5) is 70.7. The lowest BCUT2D eigenvalue weighted by Gasteiger charge is -2.21. The first-order chi connectivity index (χ1) is 23.5. The number of carbonyl (C=O) groups excluding carboxylic acids is 1. The Bertz CT molecular complexity index is 1950. The van der Waals surface area contributed by atoms with Crippen LogP contribution in [0.15, 0.2) is 39.4 Å². The lowest BCUT2D eigenvalue weighted by atomic mass is 10.1. The van der Waals surface area contributed by atoms with Crippen LogP contribution in [0.5, 0.6) is 5.75 Å². The van der Waals surface area contributed by atoms with Crippen LogP contribution in [0.2, 0.25) is 0 Å². The third-order valence-electron chi connectivity index (χ3n) is 6.03. The van der Waals surface area contributed by atoms with Crippen LogP contribution >= 0.6 is 23.5 Å². The highest BCUT2D eigenvalue weighted by atomic mass is 31.3. The first-order valence-corrected chi connectivity index (χ1v) is 17.8. The second-order valence-electron chi connectivity index (χ2n) is 9.34. The van der Waals surface area contributed by atoms with Crippen molar-refractivity contribution in [3.63, 3.8) is 0 Å². The topological polar surface area (TPSA) is 372 Å². The van der Waals surface area contributed by atoms with Gasteiger partial charge in [0.15, 0.2) is 6.61 Å². The molecule has 2 heterocycles. The first kappa shape index (κ1) is 40.1. The fraction of sp³-hybridized carbons (Fsp3) is 0.409. The molecule has 2 aromatic rings. The predicted octanol–water partition coefficient (Wildman–Crippen LogP) is 2.14. The minimum absolute atomic E-state index is 0.0268. The largest absolute Gasteiger partial charge is 0.497 e. The molecular weight excluding hydrogens is 739 g/mol. The number of azide groups is 2. The van der Waals surface area contributed by atoms with Crippen molar-refractivity contribution >= 4 is 35.3 Å². The van der Waals surface area contributed by atoms with Gasteiger partial charge in [-0.3, -0.25) is 9.09 Å². The minimum Gasteiger partial charge on any atom is -0.497 e. The lowest BCUT2D eigenvalue weighted by Crippen LogP contribution is -2.29. The zero-order chi connectivity index (χ0) is 37.1. The van der Waals surface area contributed by atoms with Gasteiger partial charge in [0.1, 0.15) is 30.6 Å². The van der Waals surface area contributed by atoms with Crippen molar-refractivity contribution in [2.45, 2.75) is 31.4 Å². The number of aromatic nitrogens is 2. The molecule has 25 nitrogen and oxygen atoms in total. The molecule has 1 aliphatic rings. The van der Waals surface area contributed by atoms with Crippen LogP contribution in [-0.2, 0) is 47.6 Å². The summed E-state index contributed by atoms with van der Waals surface area (Å²) >= 11 is 0. The third kappa shape index (κ3) is 12.2. The molecule has 0 spiro atoms. The molecule has 1 aromatic carbocycles. The molecular formula is C22H26N9O16P3. The van der Waals surface area contributed by atoms with Crippen molar-refractivity contribution < 1.29 is 70.2 Å². The van der Waals surface area contributed by atoms with E-state index in [9.17, 15) is 33.1 Å². The van der Waals surface area contributed by atoms with E-state index in [1.165, 1.54) is 25.3 Å². The number of nitrogens with two attached hydrogens (primary N) is 1. The summed E-state index contributed by atoms with van der Waals surface area (Å²) in [7, 11) is -15.6. The van der Waals surface area contributed by atoms with E-state index >= 15 is 0 Å². The molecule has 6 N–H and O–H groups in total. The monoisotopic (exact) mass is 765 g/mol. The smallest absolute Gasteiger partial charge is 0.490 e. The molecule has 1 aliphatic heterocycles. The highest BCUT2D eigenvalue weighted by Crippen LogP contribution is 2.66. The van der Waals surface area contributed by atoms with Crippen molar-refractivity contribution in [1.29, 1.82) is 0 Å². The Kier molecular flexibility index (Phi) is 14.1. The molecule has 50 heavy (non-hydrogen) atoms. The van der Waals surface area contributed by atoms with Gasteiger partial charge in [0.2, 0.25) is 0 Å². The molecule has 1 aromatic heterocycles. The third-order valence-corrected chi connectivity index (χ3v) is 9.84. The van der Waals surface area contributed by atoms with Crippen molar-refractivity contribution in [2.24, 2.45) is 10.2 Å². The fourth-order valence-corrected chi connectivity index (χ4v) is 7.08. The van der Waals surface area contributed by atoms with Gasteiger partial charge in [-0.2, -0.15) is 13.6 Å². The van der Waals surface area contributed by atoms with Crippen molar-refractivity contribution in [1.82, 2.24) is 9.55 Å². The molecule has 28 heteroatoms. The van der Waals surface area contributed by atoms with E-state index in [2.05, 4.69) is 50.0 Å². The molecule has 1 fully saturated rings. The molecule has 0 saturated carbocycles. The molecule has 0 radical (unpaired) electrons. The van der Waals surface area contributed by atoms with E-state index in [0.29, 0.717) is 11.3 Å². The summed E-state index contributed by atoms with van der Waals surface area (Å²) in [6.07, 6.45) is -2.80. The first-order valence-electron chi connectivity index (χ1n) is 13.3. The van der Waals surface area contributed by atoms with E-state index in [1.807, 2.05) is 0 Å².